The molecule has 2 aromatic carbocycles. The number of methoxy groups -OCH3 is 1. The predicted octanol–water partition coefficient (Wildman–Crippen LogP) is 3.33. The van der Waals surface area contributed by atoms with Gasteiger partial charge in [-0.1, -0.05) is 15.9 Å². The number of aromatic nitrogens is 2. The van der Waals surface area contributed by atoms with Gasteiger partial charge in [0.1, 0.15) is 12.1 Å². The van der Waals surface area contributed by atoms with E-state index in [0.717, 1.165) is 4.47 Å². The number of nitro groups is 1. The molecule has 0 fully saturated rings. The highest BCUT2D eigenvalue weighted by molar-refractivity contribution is 9.10. The van der Waals surface area contributed by atoms with Crippen molar-refractivity contribution in [3.8, 4) is 11.6 Å². The van der Waals surface area contributed by atoms with Crippen molar-refractivity contribution >= 4 is 44.1 Å². The summed E-state index contributed by atoms with van der Waals surface area (Å²) in [6, 6.07) is 9.33. The minimum atomic E-state index is -0.546. The molecular formula is C17H13BrN4O5. The zero-order chi connectivity index (χ0) is 19.4. The van der Waals surface area contributed by atoms with E-state index in [-0.39, 0.29) is 23.9 Å². The molecule has 0 spiro atoms. The maximum atomic E-state index is 12.2. The number of halogens is 1. The Hall–Kier alpha value is -3.27. The number of carbonyl (C=O) groups is 1. The van der Waals surface area contributed by atoms with Crippen LogP contribution in [-0.4, -0.2) is 34.5 Å². The van der Waals surface area contributed by atoms with Gasteiger partial charge in [0, 0.05) is 10.5 Å². The molecule has 27 heavy (non-hydrogen) atoms. The zero-order valence-corrected chi connectivity index (χ0v) is 15.6. The molecule has 0 bridgehead atoms. The first-order chi connectivity index (χ1) is 13.0. The predicted molar refractivity (Wildman–Crippen MR) is 101 cm³/mol. The van der Waals surface area contributed by atoms with Gasteiger partial charge in [-0.3, -0.25) is 14.9 Å². The van der Waals surface area contributed by atoms with E-state index in [1.807, 2.05) is 6.07 Å². The third-order valence-corrected chi connectivity index (χ3v) is 4.06. The molecule has 1 aromatic heterocycles. The van der Waals surface area contributed by atoms with Crippen molar-refractivity contribution in [1.82, 2.24) is 9.97 Å². The number of amides is 1. The molecule has 0 unspecified atom stereocenters. The minimum Gasteiger partial charge on any atom is -0.494 e. The Labute approximate surface area is 161 Å². The van der Waals surface area contributed by atoms with Crippen molar-refractivity contribution in [1.29, 1.82) is 0 Å². The van der Waals surface area contributed by atoms with E-state index >= 15 is 0 Å². The van der Waals surface area contributed by atoms with Gasteiger partial charge in [-0.25, -0.2) is 9.97 Å². The summed E-state index contributed by atoms with van der Waals surface area (Å²) in [6.45, 7) is -0.307. The second-order valence-corrected chi connectivity index (χ2v) is 6.23. The number of rotatable bonds is 6. The first-order valence-corrected chi connectivity index (χ1v) is 8.42. The maximum absolute atomic E-state index is 12.2. The third kappa shape index (κ3) is 4.29. The maximum Gasteiger partial charge on any atom is 0.273 e. The van der Waals surface area contributed by atoms with Crippen LogP contribution in [0.4, 0.5) is 11.4 Å². The number of benzene rings is 2. The van der Waals surface area contributed by atoms with Crippen molar-refractivity contribution in [3.63, 3.8) is 0 Å². The second kappa shape index (κ2) is 7.96. The van der Waals surface area contributed by atoms with Crippen LogP contribution >= 0.6 is 15.9 Å². The molecule has 0 aliphatic heterocycles. The highest BCUT2D eigenvalue weighted by Crippen LogP contribution is 2.29. The summed E-state index contributed by atoms with van der Waals surface area (Å²) < 4.78 is 11.4. The molecule has 1 amide bonds. The Morgan fingerprint density at radius 2 is 2.07 bits per heavy atom. The molecule has 3 rings (SSSR count). The first-order valence-electron chi connectivity index (χ1n) is 7.63. The number of anilines is 1. The fraction of sp³-hybridized carbons (Fsp3) is 0.118. The van der Waals surface area contributed by atoms with Crippen LogP contribution in [0.25, 0.3) is 10.9 Å². The number of nitro benzene ring substituents is 1. The summed E-state index contributed by atoms with van der Waals surface area (Å²) in [5.74, 6) is -0.0232. The van der Waals surface area contributed by atoms with E-state index < -0.39 is 10.8 Å². The van der Waals surface area contributed by atoms with Gasteiger partial charge >= 0.3 is 0 Å². The van der Waals surface area contributed by atoms with Crippen LogP contribution in [0.3, 0.4) is 0 Å². The van der Waals surface area contributed by atoms with Crippen LogP contribution in [0, 0.1) is 10.1 Å². The molecule has 9 nitrogen and oxygen atoms in total. The lowest BCUT2D eigenvalue weighted by Gasteiger charge is -2.11. The molecule has 0 saturated carbocycles. The molecular weight excluding hydrogens is 420 g/mol. The van der Waals surface area contributed by atoms with Crippen LogP contribution in [-0.2, 0) is 4.79 Å². The summed E-state index contributed by atoms with van der Waals surface area (Å²) in [5, 5.41) is 14.1. The highest BCUT2D eigenvalue weighted by atomic mass is 79.9. The van der Waals surface area contributed by atoms with Crippen LogP contribution in [0.15, 0.2) is 47.2 Å². The Balaban J connectivity index is 1.72. The van der Waals surface area contributed by atoms with E-state index in [9.17, 15) is 14.9 Å². The topological polar surface area (TPSA) is 116 Å². The number of nitrogens with one attached hydrogen (secondary N) is 1. The van der Waals surface area contributed by atoms with Gasteiger partial charge in [-0.15, -0.1) is 0 Å². The molecule has 1 N–H and O–H groups in total. The SMILES string of the molecule is COc1cc([N+](=O)[O-])ccc1NC(=O)COc1ncnc2ccc(Br)cc12. The number of ether oxygens (including phenoxy) is 2. The monoisotopic (exact) mass is 432 g/mol. The van der Waals surface area contributed by atoms with Crippen molar-refractivity contribution in [3.05, 3.63) is 57.3 Å². The fourth-order valence-electron chi connectivity index (χ4n) is 2.34. The summed E-state index contributed by atoms with van der Waals surface area (Å²) in [5.41, 5.74) is 0.840. The van der Waals surface area contributed by atoms with Gasteiger partial charge in [0.2, 0.25) is 5.88 Å². The van der Waals surface area contributed by atoms with Crippen molar-refractivity contribution < 1.29 is 19.2 Å². The van der Waals surface area contributed by atoms with Gasteiger partial charge in [-0.05, 0) is 24.3 Å². The quantitative estimate of drug-likeness (QED) is 0.468. The molecule has 0 aliphatic rings. The lowest BCUT2D eigenvalue weighted by molar-refractivity contribution is -0.384. The van der Waals surface area contributed by atoms with E-state index in [1.165, 1.54) is 31.6 Å². The fourth-order valence-corrected chi connectivity index (χ4v) is 2.70. The van der Waals surface area contributed by atoms with Gasteiger partial charge in [0.25, 0.3) is 11.6 Å². The average Bonchev–Trinajstić information content (AvgIpc) is 2.66. The Bertz CT molecular complexity index is 1030. The van der Waals surface area contributed by atoms with E-state index in [1.54, 1.807) is 12.1 Å². The molecule has 1 heterocycles. The first kappa shape index (κ1) is 18.5. The zero-order valence-electron chi connectivity index (χ0n) is 14.0. The van der Waals surface area contributed by atoms with Crippen LogP contribution < -0.4 is 14.8 Å². The molecule has 10 heteroatoms. The standard InChI is InChI=1S/C17H13BrN4O5/c1-26-15-7-11(22(24)25)3-5-14(15)21-16(23)8-27-17-12-6-10(18)2-4-13(12)19-9-20-17/h2-7,9H,8H2,1H3,(H,21,23). The van der Waals surface area contributed by atoms with Crippen LogP contribution in [0.1, 0.15) is 0 Å². The number of non-ortho nitro benzene ring substituents is 1. The van der Waals surface area contributed by atoms with Crippen molar-refractivity contribution in [2.24, 2.45) is 0 Å². The number of carbonyl (C=O) groups excluding carboxylic acids is 1. The summed E-state index contributed by atoms with van der Waals surface area (Å²) in [7, 11) is 1.36. The Morgan fingerprint density at radius 3 is 2.81 bits per heavy atom. The molecule has 0 atom stereocenters. The van der Waals surface area contributed by atoms with E-state index in [0.29, 0.717) is 16.6 Å². The average molecular weight is 433 g/mol. The summed E-state index contributed by atoms with van der Waals surface area (Å²) in [6.07, 6.45) is 1.35. The Kier molecular flexibility index (Phi) is 5.46. The van der Waals surface area contributed by atoms with Crippen LogP contribution in [0.5, 0.6) is 11.6 Å². The number of hydrogen-bond acceptors (Lipinski definition) is 7. The normalized spacial score (nSPS) is 10.4. The van der Waals surface area contributed by atoms with Gasteiger partial charge < -0.3 is 14.8 Å². The largest absolute Gasteiger partial charge is 0.494 e. The molecule has 0 aliphatic carbocycles. The molecule has 3 aromatic rings. The number of fused-ring (bicyclic) bond motifs is 1. The van der Waals surface area contributed by atoms with Gasteiger partial charge in [0.05, 0.1) is 34.7 Å². The van der Waals surface area contributed by atoms with Crippen molar-refractivity contribution in [2.45, 2.75) is 0 Å². The lowest BCUT2D eigenvalue weighted by atomic mass is 10.2. The highest BCUT2D eigenvalue weighted by Gasteiger charge is 2.14. The number of nitrogens with zero attached hydrogens (tertiary/aromatic N) is 3. The van der Waals surface area contributed by atoms with Gasteiger partial charge in [-0.2, -0.15) is 0 Å². The van der Waals surface area contributed by atoms with Gasteiger partial charge in [0.15, 0.2) is 6.61 Å². The van der Waals surface area contributed by atoms with Crippen LogP contribution in [0.2, 0.25) is 0 Å². The van der Waals surface area contributed by atoms with E-state index in [4.69, 9.17) is 9.47 Å². The Morgan fingerprint density at radius 1 is 1.26 bits per heavy atom. The third-order valence-electron chi connectivity index (χ3n) is 3.57. The molecule has 138 valence electrons. The summed E-state index contributed by atoms with van der Waals surface area (Å²) >= 11 is 3.37. The lowest BCUT2D eigenvalue weighted by Crippen LogP contribution is -2.21. The molecule has 0 radical (unpaired) electrons. The second-order valence-electron chi connectivity index (χ2n) is 5.32. The smallest absolute Gasteiger partial charge is 0.273 e. The summed E-state index contributed by atoms with van der Waals surface area (Å²) in [4.78, 5) is 30.7. The van der Waals surface area contributed by atoms with Crippen molar-refractivity contribution in [2.75, 3.05) is 19.0 Å². The minimum absolute atomic E-state index is 0.140. The number of hydrogen-bond donors (Lipinski definition) is 1. The molecule has 0 saturated heterocycles. The van der Waals surface area contributed by atoms with E-state index in [2.05, 4.69) is 31.2 Å².